The van der Waals surface area contributed by atoms with E-state index in [-0.39, 0.29) is 5.91 Å². The Hall–Kier alpha value is -3.30. The lowest BCUT2D eigenvalue weighted by atomic mass is 10.1. The first-order chi connectivity index (χ1) is 16.9. The first-order valence-corrected chi connectivity index (χ1v) is 12.3. The van der Waals surface area contributed by atoms with Gasteiger partial charge in [0.15, 0.2) is 17.3 Å². The number of nitrogens with zero attached hydrogens (tertiary/aromatic N) is 8. The van der Waals surface area contributed by atoms with Crippen molar-refractivity contribution in [2.75, 3.05) is 26.2 Å². The van der Waals surface area contributed by atoms with Gasteiger partial charge < -0.3 is 4.90 Å². The summed E-state index contributed by atoms with van der Waals surface area (Å²) in [5.41, 5.74) is 4.96. The van der Waals surface area contributed by atoms with E-state index in [2.05, 4.69) is 32.3 Å². The van der Waals surface area contributed by atoms with Crippen molar-refractivity contribution in [2.45, 2.75) is 40.2 Å². The molecule has 0 radical (unpaired) electrons. The third-order valence-corrected chi connectivity index (χ3v) is 6.95. The van der Waals surface area contributed by atoms with Crippen LogP contribution in [0.25, 0.3) is 11.5 Å². The molecule has 0 unspecified atom stereocenters. The number of carbonyl (C=O) groups is 1. The zero-order chi connectivity index (χ0) is 24.5. The van der Waals surface area contributed by atoms with Crippen LogP contribution >= 0.6 is 11.6 Å². The summed E-state index contributed by atoms with van der Waals surface area (Å²) < 4.78 is 3.55. The average Bonchev–Trinajstić information content (AvgIpc) is 3.37. The van der Waals surface area contributed by atoms with E-state index in [9.17, 15) is 4.79 Å². The maximum absolute atomic E-state index is 13.0. The van der Waals surface area contributed by atoms with Crippen LogP contribution in [0.2, 0.25) is 5.02 Å². The van der Waals surface area contributed by atoms with Gasteiger partial charge in [0.2, 0.25) is 5.91 Å². The third-order valence-electron chi connectivity index (χ3n) is 6.70. The summed E-state index contributed by atoms with van der Waals surface area (Å²) >= 11 is 5.98. The molecule has 1 amide bonds. The van der Waals surface area contributed by atoms with Crippen LogP contribution in [0.15, 0.2) is 36.4 Å². The van der Waals surface area contributed by atoms with E-state index in [0.717, 1.165) is 60.5 Å². The van der Waals surface area contributed by atoms with Crippen molar-refractivity contribution >= 4 is 23.2 Å². The summed E-state index contributed by atoms with van der Waals surface area (Å²) in [7, 11) is 0. The Morgan fingerprint density at radius 1 is 0.943 bits per heavy atom. The average molecular weight is 493 g/mol. The second-order valence-electron chi connectivity index (χ2n) is 9.05. The van der Waals surface area contributed by atoms with Crippen LogP contribution in [-0.4, -0.2) is 71.5 Å². The number of hydrogen-bond donors (Lipinski definition) is 0. The molecule has 0 saturated carbocycles. The van der Waals surface area contributed by atoms with Crippen molar-refractivity contribution < 1.29 is 4.79 Å². The van der Waals surface area contributed by atoms with E-state index in [4.69, 9.17) is 16.7 Å². The van der Waals surface area contributed by atoms with E-state index < -0.39 is 0 Å². The lowest BCUT2D eigenvalue weighted by Crippen LogP contribution is -2.48. The predicted molar refractivity (Wildman–Crippen MR) is 134 cm³/mol. The fourth-order valence-electron chi connectivity index (χ4n) is 4.65. The zero-order valence-corrected chi connectivity index (χ0v) is 21.0. The number of aryl methyl sites for hydroxylation is 2. The quantitative estimate of drug-likeness (QED) is 0.411. The Bertz CT molecular complexity index is 1350. The zero-order valence-electron chi connectivity index (χ0n) is 20.3. The summed E-state index contributed by atoms with van der Waals surface area (Å²) in [4.78, 5) is 17.3. The van der Waals surface area contributed by atoms with Gasteiger partial charge in [-0.2, -0.15) is 9.61 Å². The van der Waals surface area contributed by atoms with Gasteiger partial charge >= 0.3 is 0 Å². The minimum atomic E-state index is 0.197. The highest BCUT2D eigenvalue weighted by Crippen LogP contribution is 2.20. The molecule has 4 heterocycles. The lowest BCUT2D eigenvalue weighted by Gasteiger charge is -2.34. The number of rotatable bonds is 6. The second kappa shape index (κ2) is 9.75. The topological polar surface area (TPSA) is 84.4 Å². The van der Waals surface area contributed by atoms with E-state index in [1.54, 1.807) is 4.52 Å². The van der Waals surface area contributed by atoms with Crippen LogP contribution in [0.1, 0.15) is 34.8 Å². The normalized spacial score (nSPS) is 14.7. The van der Waals surface area contributed by atoms with Gasteiger partial charge in [-0.15, -0.1) is 15.3 Å². The molecule has 35 heavy (non-hydrogen) atoms. The number of aromatic nitrogens is 6. The second-order valence-corrected chi connectivity index (χ2v) is 9.49. The molecule has 0 spiro atoms. The molecule has 3 aromatic heterocycles. The van der Waals surface area contributed by atoms with Gasteiger partial charge in [0, 0.05) is 49.9 Å². The van der Waals surface area contributed by atoms with Crippen LogP contribution in [0.5, 0.6) is 0 Å². The van der Waals surface area contributed by atoms with Gasteiger partial charge in [-0.25, -0.2) is 4.68 Å². The van der Waals surface area contributed by atoms with E-state index in [0.29, 0.717) is 24.3 Å². The molecule has 4 aromatic rings. The maximum atomic E-state index is 13.0. The molecule has 1 aromatic carbocycles. The molecule has 1 aliphatic rings. The highest BCUT2D eigenvalue weighted by molar-refractivity contribution is 6.30. The summed E-state index contributed by atoms with van der Waals surface area (Å²) in [5, 5.41) is 18.3. The van der Waals surface area contributed by atoms with Crippen LogP contribution < -0.4 is 0 Å². The van der Waals surface area contributed by atoms with Gasteiger partial charge in [0.25, 0.3) is 0 Å². The summed E-state index contributed by atoms with van der Waals surface area (Å²) in [5.74, 6) is 1.63. The first kappa shape index (κ1) is 23.4. The molecule has 182 valence electrons. The van der Waals surface area contributed by atoms with Gasteiger partial charge in [-0.3, -0.25) is 9.69 Å². The Balaban J connectivity index is 1.19. The number of amides is 1. The smallest absolute Gasteiger partial charge is 0.222 e. The minimum absolute atomic E-state index is 0.197. The van der Waals surface area contributed by atoms with Gasteiger partial charge in [-0.1, -0.05) is 23.7 Å². The number of halogens is 1. The van der Waals surface area contributed by atoms with Crippen molar-refractivity contribution in [1.82, 2.24) is 39.4 Å². The van der Waals surface area contributed by atoms with E-state index in [1.807, 2.05) is 54.6 Å². The molecule has 1 aliphatic heterocycles. The fraction of sp³-hybridized carbons (Fsp3) is 0.400. The van der Waals surface area contributed by atoms with Gasteiger partial charge in [0.05, 0.1) is 5.69 Å². The Kier molecular flexibility index (Phi) is 6.53. The summed E-state index contributed by atoms with van der Waals surface area (Å²) in [6.07, 6.45) is 1.14. The number of fused-ring (bicyclic) bond motifs is 1. The van der Waals surface area contributed by atoms with Crippen molar-refractivity contribution in [1.29, 1.82) is 0 Å². The predicted octanol–water partition coefficient (Wildman–Crippen LogP) is 3.17. The monoisotopic (exact) mass is 492 g/mol. The van der Waals surface area contributed by atoms with Crippen LogP contribution in [-0.2, 0) is 17.8 Å². The lowest BCUT2D eigenvalue weighted by molar-refractivity contribution is -0.133. The minimum Gasteiger partial charge on any atom is -0.340 e. The molecule has 0 bridgehead atoms. The van der Waals surface area contributed by atoms with Crippen molar-refractivity contribution in [3.63, 3.8) is 0 Å². The molecule has 1 saturated heterocycles. The number of carbonyl (C=O) groups excluding carboxylic acids is 1. The number of piperazine rings is 1. The van der Waals surface area contributed by atoms with Crippen LogP contribution in [0, 0.1) is 20.8 Å². The molecular weight excluding hydrogens is 464 g/mol. The maximum Gasteiger partial charge on any atom is 0.222 e. The largest absolute Gasteiger partial charge is 0.340 e. The summed E-state index contributed by atoms with van der Waals surface area (Å²) in [6.45, 7) is 10.0. The molecule has 0 N–H and O–H groups in total. The van der Waals surface area contributed by atoms with E-state index >= 15 is 0 Å². The van der Waals surface area contributed by atoms with Crippen LogP contribution in [0.3, 0.4) is 0 Å². The number of hydrogen-bond acceptors (Lipinski definition) is 6. The molecule has 1 fully saturated rings. The van der Waals surface area contributed by atoms with Crippen molar-refractivity contribution in [2.24, 2.45) is 0 Å². The molecule has 10 heteroatoms. The van der Waals surface area contributed by atoms with Crippen molar-refractivity contribution in [3.05, 3.63) is 69.8 Å². The molecule has 9 nitrogen and oxygen atoms in total. The Morgan fingerprint density at radius 3 is 2.43 bits per heavy atom. The van der Waals surface area contributed by atoms with Gasteiger partial charge in [-0.05, 0) is 62.6 Å². The third kappa shape index (κ3) is 4.92. The first-order valence-electron chi connectivity index (χ1n) is 11.9. The summed E-state index contributed by atoms with van der Waals surface area (Å²) in [6, 6.07) is 11.7. The van der Waals surface area contributed by atoms with Gasteiger partial charge in [0.1, 0.15) is 0 Å². The van der Waals surface area contributed by atoms with Crippen LogP contribution in [0.4, 0.5) is 0 Å². The molecule has 0 atom stereocenters. The van der Waals surface area contributed by atoms with Crippen molar-refractivity contribution in [3.8, 4) is 5.82 Å². The molecule has 0 aliphatic carbocycles. The fourth-order valence-corrected chi connectivity index (χ4v) is 4.78. The molecule has 5 rings (SSSR count). The standard InChI is InChI=1S/C25H29ClN8O/c1-17-22(18(2)33(29-17)24-10-9-23-28-27-19(3)34(23)30-24)8-11-25(35)32-14-12-31(13-15-32)16-20-4-6-21(26)7-5-20/h4-7,9-10H,8,11-16H2,1-3H3. The number of benzene rings is 1. The highest BCUT2D eigenvalue weighted by atomic mass is 35.5. The highest BCUT2D eigenvalue weighted by Gasteiger charge is 2.22. The van der Waals surface area contributed by atoms with E-state index in [1.165, 1.54) is 5.56 Å². The molecular formula is C25H29ClN8O. The Morgan fingerprint density at radius 2 is 1.69 bits per heavy atom. The Labute approximate surface area is 209 Å². The SMILES string of the molecule is Cc1nn(-c2ccc3nnc(C)n3n2)c(C)c1CCC(=O)N1CCN(Cc2ccc(Cl)cc2)CC1.